The molecule has 0 fully saturated rings. The van der Waals surface area contributed by atoms with Crippen molar-refractivity contribution in [2.75, 3.05) is 0 Å². The Morgan fingerprint density at radius 2 is 1.41 bits per heavy atom. The molecular weight excluding hydrogens is 393 g/mol. The zero-order chi connectivity index (χ0) is 20.3. The smallest absolute Gasteiger partial charge is 0.294 e. The average molecular weight is 410 g/mol. The summed E-state index contributed by atoms with van der Waals surface area (Å²) < 4.78 is 40.3. The molecule has 0 aliphatic heterocycles. The Labute approximate surface area is 171 Å². The Kier molecular flexibility index (Phi) is 5.45. The predicted molar refractivity (Wildman–Crippen MR) is 110 cm³/mol. The van der Waals surface area contributed by atoms with Crippen LogP contribution in [0.3, 0.4) is 0 Å². The van der Waals surface area contributed by atoms with E-state index < -0.39 is 11.7 Å². The summed E-state index contributed by atoms with van der Waals surface area (Å²) >= 11 is 1.49. The van der Waals surface area contributed by atoms with Gasteiger partial charge >= 0.3 is 6.18 Å². The minimum Gasteiger partial charge on any atom is -0.294 e. The number of hydrogen-bond acceptors (Lipinski definition) is 2. The molecule has 0 radical (unpaired) electrons. The molecular formula is C23H17F3N2S. The zero-order valence-electron chi connectivity index (χ0n) is 15.3. The maximum atomic E-state index is 12.8. The maximum Gasteiger partial charge on any atom is 0.416 e. The third-order valence-electron chi connectivity index (χ3n) is 4.43. The molecule has 0 aliphatic carbocycles. The minimum atomic E-state index is -4.32. The van der Waals surface area contributed by atoms with Crippen molar-refractivity contribution >= 4 is 11.8 Å². The quantitative estimate of drug-likeness (QED) is 0.335. The van der Waals surface area contributed by atoms with Crippen LogP contribution in [0.2, 0.25) is 0 Å². The van der Waals surface area contributed by atoms with Crippen LogP contribution in [0, 0.1) is 0 Å². The Hall–Kier alpha value is -2.99. The largest absolute Gasteiger partial charge is 0.416 e. The van der Waals surface area contributed by atoms with Gasteiger partial charge in [-0.3, -0.25) is 4.57 Å². The zero-order valence-corrected chi connectivity index (χ0v) is 16.1. The second-order valence-corrected chi connectivity index (χ2v) is 7.41. The lowest BCUT2D eigenvalue weighted by molar-refractivity contribution is -0.137. The Morgan fingerprint density at radius 3 is 2.03 bits per heavy atom. The number of para-hydroxylation sites is 1. The fraction of sp³-hybridized carbons (Fsp3) is 0.0870. The molecule has 0 saturated heterocycles. The molecule has 0 amide bonds. The third-order valence-corrected chi connectivity index (χ3v) is 5.45. The van der Waals surface area contributed by atoms with Gasteiger partial charge in [-0.25, -0.2) is 4.98 Å². The van der Waals surface area contributed by atoms with Crippen LogP contribution < -0.4 is 0 Å². The molecule has 0 spiro atoms. The van der Waals surface area contributed by atoms with E-state index in [1.54, 1.807) is 0 Å². The normalized spacial score (nSPS) is 11.6. The van der Waals surface area contributed by atoms with Gasteiger partial charge in [0.2, 0.25) is 0 Å². The number of halogens is 3. The van der Waals surface area contributed by atoms with Gasteiger partial charge in [0.1, 0.15) is 0 Å². The first-order chi connectivity index (χ1) is 14.0. The highest BCUT2D eigenvalue weighted by Crippen LogP contribution is 2.32. The summed E-state index contributed by atoms with van der Waals surface area (Å²) in [4.78, 5) is 4.77. The van der Waals surface area contributed by atoms with Gasteiger partial charge in [-0.1, -0.05) is 72.4 Å². The molecule has 3 aromatic carbocycles. The van der Waals surface area contributed by atoms with Gasteiger partial charge in [0.05, 0.1) is 11.3 Å². The van der Waals surface area contributed by atoms with Gasteiger partial charge in [-0.2, -0.15) is 13.2 Å². The number of imidazole rings is 1. The summed E-state index contributed by atoms with van der Waals surface area (Å²) in [7, 11) is 0. The Balaban J connectivity index is 1.61. The number of nitrogens with zero attached hydrogens (tertiary/aromatic N) is 2. The summed E-state index contributed by atoms with van der Waals surface area (Å²) in [5, 5.41) is 0.787. The first kappa shape index (κ1) is 19.3. The topological polar surface area (TPSA) is 17.8 Å². The molecule has 2 nitrogen and oxygen atoms in total. The van der Waals surface area contributed by atoms with Crippen molar-refractivity contribution < 1.29 is 13.2 Å². The van der Waals surface area contributed by atoms with E-state index in [1.165, 1.54) is 23.9 Å². The van der Waals surface area contributed by atoms with E-state index in [-0.39, 0.29) is 0 Å². The van der Waals surface area contributed by atoms with E-state index in [9.17, 15) is 13.2 Å². The molecule has 4 aromatic rings. The predicted octanol–water partition coefficient (Wildman–Crippen LogP) is 6.85. The molecule has 29 heavy (non-hydrogen) atoms. The van der Waals surface area contributed by atoms with Crippen LogP contribution in [-0.2, 0) is 11.9 Å². The molecule has 0 aliphatic rings. The highest BCUT2D eigenvalue weighted by Gasteiger charge is 2.29. The Morgan fingerprint density at radius 1 is 0.793 bits per heavy atom. The second-order valence-electron chi connectivity index (χ2n) is 6.46. The summed E-state index contributed by atoms with van der Waals surface area (Å²) in [6.07, 6.45) is -2.33. The van der Waals surface area contributed by atoms with E-state index in [4.69, 9.17) is 4.98 Å². The van der Waals surface area contributed by atoms with Crippen LogP contribution in [0.5, 0.6) is 0 Å². The molecule has 1 heterocycles. The summed E-state index contributed by atoms with van der Waals surface area (Å²) in [5.74, 6) is 0.524. The van der Waals surface area contributed by atoms with E-state index in [0.717, 1.165) is 39.8 Å². The average Bonchev–Trinajstić information content (AvgIpc) is 3.17. The molecule has 4 rings (SSSR count). The molecule has 0 saturated carbocycles. The van der Waals surface area contributed by atoms with E-state index in [0.29, 0.717) is 5.75 Å². The number of aromatic nitrogens is 2. The van der Waals surface area contributed by atoms with Crippen molar-refractivity contribution in [2.45, 2.75) is 17.1 Å². The summed E-state index contributed by atoms with van der Waals surface area (Å²) in [5.41, 5.74) is 3.02. The SMILES string of the molecule is FC(F)(F)c1ccc(CSc2nc(-c3ccccc3)cn2-c2ccccc2)cc1. The van der Waals surface area contributed by atoms with Crippen LogP contribution >= 0.6 is 11.8 Å². The lowest BCUT2D eigenvalue weighted by Crippen LogP contribution is -2.04. The number of benzene rings is 3. The molecule has 0 N–H and O–H groups in total. The summed E-state index contributed by atoms with van der Waals surface area (Å²) in [6, 6.07) is 25.0. The first-order valence-electron chi connectivity index (χ1n) is 9.00. The monoisotopic (exact) mass is 410 g/mol. The van der Waals surface area contributed by atoms with E-state index >= 15 is 0 Å². The van der Waals surface area contributed by atoms with Gasteiger partial charge in [0.15, 0.2) is 5.16 Å². The van der Waals surface area contributed by atoms with Crippen molar-refractivity contribution in [3.8, 4) is 16.9 Å². The highest BCUT2D eigenvalue weighted by molar-refractivity contribution is 7.98. The lowest BCUT2D eigenvalue weighted by atomic mass is 10.1. The van der Waals surface area contributed by atoms with Crippen LogP contribution in [-0.4, -0.2) is 9.55 Å². The van der Waals surface area contributed by atoms with Crippen LogP contribution in [0.4, 0.5) is 13.2 Å². The number of alkyl halides is 3. The van der Waals surface area contributed by atoms with Crippen molar-refractivity contribution in [3.05, 3.63) is 102 Å². The van der Waals surface area contributed by atoms with Gasteiger partial charge in [0, 0.05) is 23.2 Å². The number of rotatable bonds is 5. The van der Waals surface area contributed by atoms with Gasteiger partial charge in [0.25, 0.3) is 0 Å². The standard InChI is InChI=1S/C23H17F3N2S/c24-23(25,26)19-13-11-17(12-14-19)16-29-22-27-21(18-7-3-1-4-8-18)15-28(22)20-9-5-2-6-10-20/h1-15H,16H2. The second kappa shape index (κ2) is 8.17. The lowest BCUT2D eigenvalue weighted by Gasteiger charge is -2.09. The van der Waals surface area contributed by atoms with Gasteiger partial charge in [-0.15, -0.1) is 0 Å². The third kappa shape index (κ3) is 4.54. The molecule has 146 valence electrons. The highest BCUT2D eigenvalue weighted by atomic mass is 32.2. The molecule has 1 aromatic heterocycles. The van der Waals surface area contributed by atoms with Gasteiger partial charge in [-0.05, 0) is 29.8 Å². The minimum absolute atomic E-state index is 0.524. The van der Waals surface area contributed by atoms with E-state index in [2.05, 4.69) is 0 Å². The molecule has 0 unspecified atom stereocenters. The number of thioether (sulfide) groups is 1. The molecule has 6 heteroatoms. The van der Waals surface area contributed by atoms with Crippen LogP contribution in [0.1, 0.15) is 11.1 Å². The fourth-order valence-electron chi connectivity index (χ4n) is 2.92. The molecule has 0 atom stereocenters. The van der Waals surface area contributed by atoms with Crippen molar-refractivity contribution in [1.82, 2.24) is 9.55 Å². The van der Waals surface area contributed by atoms with Crippen LogP contribution in [0.15, 0.2) is 96.3 Å². The van der Waals surface area contributed by atoms with E-state index in [1.807, 2.05) is 71.4 Å². The first-order valence-corrected chi connectivity index (χ1v) is 9.98. The van der Waals surface area contributed by atoms with Crippen molar-refractivity contribution in [2.24, 2.45) is 0 Å². The van der Waals surface area contributed by atoms with Crippen molar-refractivity contribution in [1.29, 1.82) is 0 Å². The van der Waals surface area contributed by atoms with Gasteiger partial charge < -0.3 is 0 Å². The fourth-order valence-corrected chi connectivity index (χ4v) is 3.87. The summed E-state index contributed by atoms with van der Waals surface area (Å²) in [6.45, 7) is 0. The number of hydrogen-bond donors (Lipinski definition) is 0. The Bertz CT molecular complexity index is 1070. The van der Waals surface area contributed by atoms with Crippen molar-refractivity contribution in [3.63, 3.8) is 0 Å². The van der Waals surface area contributed by atoms with Crippen LogP contribution in [0.25, 0.3) is 16.9 Å². The molecule has 0 bridgehead atoms. The maximum absolute atomic E-state index is 12.8.